The van der Waals surface area contributed by atoms with E-state index in [9.17, 15) is 14.4 Å². The number of nitrogens with zero attached hydrogens (tertiary/aromatic N) is 4. The average molecular weight is 396 g/mol. The van der Waals surface area contributed by atoms with Gasteiger partial charge in [-0.25, -0.2) is 4.68 Å². The lowest BCUT2D eigenvalue weighted by Crippen LogP contribution is -2.54. The molecule has 0 saturated carbocycles. The van der Waals surface area contributed by atoms with Gasteiger partial charge in [0.1, 0.15) is 6.54 Å². The van der Waals surface area contributed by atoms with Crippen LogP contribution in [0.5, 0.6) is 0 Å². The molecule has 152 valence electrons. The van der Waals surface area contributed by atoms with E-state index in [0.29, 0.717) is 31.9 Å². The van der Waals surface area contributed by atoms with Crippen molar-refractivity contribution in [1.29, 1.82) is 0 Å². The van der Waals surface area contributed by atoms with Gasteiger partial charge >= 0.3 is 0 Å². The zero-order valence-electron chi connectivity index (χ0n) is 16.4. The third kappa shape index (κ3) is 4.22. The number of rotatable bonds is 3. The largest absolute Gasteiger partial charge is 0.365 e. The van der Waals surface area contributed by atoms with Crippen molar-refractivity contribution in [1.82, 2.24) is 19.6 Å². The highest BCUT2D eigenvalue weighted by atomic mass is 16.5. The molecule has 2 amide bonds. The fourth-order valence-corrected chi connectivity index (χ4v) is 3.81. The monoisotopic (exact) mass is 396 g/mol. The van der Waals surface area contributed by atoms with E-state index in [0.717, 1.165) is 16.7 Å². The first-order valence-corrected chi connectivity index (χ1v) is 9.81. The minimum atomic E-state index is -0.680. The van der Waals surface area contributed by atoms with Crippen molar-refractivity contribution >= 4 is 11.8 Å². The van der Waals surface area contributed by atoms with E-state index in [1.54, 1.807) is 22.8 Å². The zero-order valence-corrected chi connectivity index (χ0v) is 16.4. The SMILES string of the molecule is Cc1ccc(=O)n(CC(=O)N2CCOC(C(=O)N3CCc4ccccc4C3)C2)n1. The summed E-state index contributed by atoms with van der Waals surface area (Å²) < 4.78 is 6.84. The molecule has 2 aliphatic rings. The summed E-state index contributed by atoms with van der Waals surface area (Å²) in [7, 11) is 0. The van der Waals surface area contributed by atoms with Gasteiger partial charge in [0.05, 0.1) is 18.8 Å². The van der Waals surface area contributed by atoms with Crippen LogP contribution in [0.1, 0.15) is 16.8 Å². The van der Waals surface area contributed by atoms with Crippen molar-refractivity contribution in [3.8, 4) is 0 Å². The second-order valence-corrected chi connectivity index (χ2v) is 7.45. The Kier molecular flexibility index (Phi) is 5.44. The van der Waals surface area contributed by atoms with Crippen molar-refractivity contribution in [3.63, 3.8) is 0 Å². The van der Waals surface area contributed by atoms with Crippen LogP contribution in [0.3, 0.4) is 0 Å². The zero-order chi connectivity index (χ0) is 20.4. The van der Waals surface area contributed by atoms with E-state index in [4.69, 9.17) is 4.74 Å². The number of hydrogen-bond acceptors (Lipinski definition) is 5. The maximum Gasteiger partial charge on any atom is 0.267 e. The molecule has 1 atom stereocenters. The Morgan fingerprint density at radius 3 is 2.72 bits per heavy atom. The summed E-state index contributed by atoms with van der Waals surface area (Å²) in [6.07, 6.45) is 0.138. The number of hydrogen-bond donors (Lipinski definition) is 0. The Morgan fingerprint density at radius 1 is 1.10 bits per heavy atom. The van der Waals surface area contributed by atoms with Gasteiger partial charge in [-0.05, 0) is 30.5 Å². The first kappa shape index (κ1) is 19.3. The van der Waals surface area contributed by atoms with Crippen LogP contribution in [0.2, 0.25) is 0 Å². The molecule has 4 rings (SSSR count). The average Bonchev–Trinajstić information content (AvgIpc) is 2.75. The van der Waals surface area contributed by atoms with Crippen molar-refractivity contribution in [3.05, 3.63) is 63.6 Å². The Hall–Kier alpha value is -3.00. The third-order valence-electron chi connectivity index (χ3n) is 5.42. The standard InChI is InChI=1S/C21H24N4O4/c1-15-6-7-19(26)25(22-15)14-20(27)23-10-11-29-18(13-23)21(28)24-9-8-16-4-2-3-5-17(16)12-24/h2-7,18H,8-14H2,1H3. The van der Waals surface area contributed by atoms with Crippen LogP contribution in [0.4, 0.5) is 0 Å². The second kappa shape index (κ2) is 8.16. The van der Waals surface area contributed by atoms with Gasteiger partial charge in [0.25, 0.3) is 11.5 Å². The lowest BCUT2D eigenvalue weighted by molar-refractivity contribution is -0.155. The number of fused-ring (bicyclic) bond motifs is 1. The summed E-state index contributed by atoms with van der Waals surface area (Å²) in [5, 5.41) is 4.11. The van der Waals surface area contributed by atoms with Crippen LogP contribution in [0, 0.1) is 6.92 Å². The molecular weight excluding hydrogens is 372 g/mol. The van der Waals surface area contributed by atoms with Crippen molar-refractivity contribution in [2.24, 2.45) is 0 Å². The van der Waals surface area contributed by atoms with Gasteiger partial charge in [0.15, 0.2) is 6.10 Å². The molecular formula is C21H24N4O4. The Labute approximate surface area is 168 Å². The van der Waals surface area contributed by atoms with Crippen LogP contribution in [0.25, 0.3) is 0 Å². The van der Waals surface area contributed by atoms with E-state index in [2.05, 4.69) is 11.2 Å². The molecule has 2 aliphatic heterocycles. The molecule has 0 aliphatic carbocycles. The molecule has 3 heterocycles. The summed E-state index contributed by atoms with van der Waals surface area (Å²) in [4.78, 5) is 41.0. The van der Waals surface area contributed by atoms with E-state index in [-0.39, 0.29) is 30.5 Å². The third-order valence-corrected chi connectivity index (χ3v) is 5.42. The van der Waals surface area contributed by atoms with Crippen LogP contribution in [0.15, 0.2) is 41.2 Å². The summed E-state index contributed by atoms with van der Waals surface area (Å²) in [5.41, 5.74) is 2.77. The lowest BCUT2D eigenvalue weighted by atomic mass is 9.99. The van der Waals surface area contributed by atoms with Gasteiger partial charge in [-0.2, -0.15) is 5.10 Å². The van der Waals surface area contributed by atoms with Crippen molar-refractivity contribution in [2.45, 2.75) is 32.5 Å². The maximum atomic E-state index is 13.0. The van der Waals surface area contributed by atoms with Gasteiger partial charge in [-0.15, -0.1) is 0 Å². The summed E-state index contributed by atoms with van der Waals surface area (Å²) >= 11 is 0. The first-order valence-electron chi connectivity index (χ1n) is 9.81. The van der Waals surface area contributed by atoms with Crippen LogP contribution < -0.4 is 5.56 Å². The smallest absolute Gasteiger partial charge is 0.267 e. The second-order valence-electron chi connectivity index (χ2n) is 7.45. The summed E-state index contributed by atoms with van der Waals surface area (Å²) in [5.74, 6) is -0.335. The molecule has 1 saturated heterocycles. The van der Waals surface area contributed by atoms with Crippen molar-refractivity contribution in [2.75, 3.05) is 26.2 Å². The molecule has 0 radical (unpaired) electrons. The van der Waals surface area contributed by atoms with E-state index in [1.807, 2.05) is 18.2 Å². The number of aryl methyl sites for hydroxylation is 1. The van der Waals surface area contributed by atoms with Crippen molar-refractivity contribution < 1.29 is 14.3 Å². The molecule has 0 N–H and O–H groups in total. The molecule has 2 aromatic rings. The number of aromatic nitrogens is 2. The number of amides is 2. The molecule has 1 fully saturated rings. The van der Waals surface area contributed by atoms with Crippen LogP contribution in [-0.2, 0) is 33.8 Å². The minimum Gasteiger partial charge on any atom is -0.365 e. The van der Waals surface area contributed by atoms with Gasteiger partial charge in [0, 0.05) is 25.7 Å². The number of carbonyl (C=O) groups is 2. The Bertz CT molecular complexity index is 987. The normalized spacial score (nSPS) is 19.0. The molecule has 1 aromatic heterocycles. The molecule has 0 bridgehead atoms. The highest BCUT2D eigenvalue weighted by Crippen LogP contribution is 2.20. The van der Waals surface area contributed by atoms with Gasteiger partial charge in [0.2, 0.25) is 5.91 Å². The number of benzene rings is 1. The van der Waals surface area contributed by atoms with Gasteiger partial charge < -0.3 is 14.5 Å². The molecule has 8 nitrogen and oxygen atoms in total. The van der Waals surface area contributed by atoms with E-state index >= 15 is 0 Å². The minimum absolute atomic E-state index is 0.0946. The van der Waals surface area contributed by atoms with E-state index < -0.39 is 6.10 Å². The first-order chi connectivity index (χ1) is 14.0. The van der Waals surface area contributed by atoms with Crippen LogP contribution in [-0.4, -0.2) is 63.7 Å². The lowest BCUT2D eigenvalue weighted by Gasteiger charge is -2.36. The van der Waals surface area contributed by atoms with E-state index in [1.165, 1.54) is 11.6 Å². The predicted octanol–water partition coefficient (Wildman–Crippen LogP) is 0.364. The fraction of sp³-hybridized carbons (Fsp3) is 0.429. The number of ether oxygens (including phenoxy) is 1. The predicted molar refractivity (Wildman–Crippen MR) is 105 cm³/mol. The molecule has 1 unspecified atom stereocenters. The highest BCUT2D eigenvalue weighted by Gasteiger charge is 2.33. The number of carbonyl (C=O) groups excluding carboxylic acids is 2. The summed E-state index contributed by atoms with van der Waals surface area (Å²) in [6, 6.07) is 11.1. The topological polar surface area (TPSA) is 84.7 Å². The molecule has 0 spiro atoms. The molecule has 1 aromatic carbocycles. The van der Waals surface area contributed by atoms with Crippen LogP contribution >= 0.6 is 0 Å². The molecule has 8 heteroatoms. The quantitative estimate of drug-likeness (QED) is 0.748. The molecule has 29 heavy (non-hydrogen) atoms. The van der Waals surface area contributed by atoms with Gasteiger partial charge in [-0.1, -0.05) is 24.3 Å². The Balaban J connectivity index is 1.40. The highest BCUT2D eigenvalue weighted by molar-refractivity contribution is 5.83. The maximum absolute atomic E-state index is 13.0. The Morgan fingerprint density at radius 2 is 1.90 bits per heavy atom. The summed E-state index contributed by atoms with van der Waals surface area (Å²) in [6.45, 7) is 3.71. The number of morpholine rings is 1. The van der Waals surface area contributed by atoms with Gasteiger partial charge in [-0.3, -0.25) is 14.4 Å². The fourth-order valence-electron chi connectivity index (χ4n) is 3.81.